The molecule has 4 heteroatoms. The largest absolute Gasteiger partial charge is 0.359 e. The predicted octanol–water partition coefficient (Wildman–Crippen LogP) is 1.65. The van der Waals surface area contributed by atoms with Crippen molar-refractivity contribution in [2.75, 3.05) is 20.6 Å². The highest BCUT2D eigenvalue weighted by molar-refractivity contribution is 7.10. The molecule has 0 saturated heterocycles. The predicted molar refractivity (Wildman–Crippen MR) is 63.2 cm³/mol. The molecule has 1 aromatic heterocycles. The summed E-state index contributed by atoms with van der Waals surface area (Å²) < 4.78 is 0. The first-order valence-electron chi connectivity index (χ1n) is 4.69. The van der Waals surface area contributed by atoms with Crippen LogP contribution in [0.2, 0.25) is 0 Å². The number of nitrogens with one attached hydrogen (secondary N) is 2. The van der Waals surface area contributed by atoms with Crippen molar-refractivity contribution in [3.63, 3.8) is 0 Å². The Kier molecular flexibility index (Phi) is 4.46. The topological polar surface area (TPSA) is 36.4 Å². The minimum absolute atomic E-state index is 0.528. The third-order valence-electron chi connectivity index (χ3n) is 2.06. The standard InChI is InChI=1S/C10H17N3S/c1-8(9-5-4-6-14-9)7-13-10(11-2)12-3/h4-6,8H,7H2,1-3H3,(H2,11,12,13). The summed E-state index contributed by atoms with van der Waals surface area (Å²) in [6.07, 6.45) is 0. The van der Waals surface area contributed by atoms with Crippen LogP contribution in [0.5, 0.6) is 0 Å². The van der Waals surface area contributed by atoms with Crippen LogP contribution in [0, 0.1) is 0 Å². The molecule has 0 aliphatic carbocycles. The van der Waals surface area contributed by atoms with Crippen LogP contribution in [0.4, 0.5) is 0 Å². The Bertz CT molecular complexity index is 280. The molecule has 78 valence electrons. The highest BCUT2D eigenvalue weighted by Gasteiger charge is 2.06. The number of thiophene rings is 1. The molecule has 2 N–H and O–H groups in total. The number of nitrogens with zero attached hydrogens (tertiary/aromatic N) is 1. The van der Waals surface area contributed by atoms with Gasteiger partial charge in [-0.05, 0) is 11.4 Å². The molecule has 0 aliphatic rings. The van der Waals surface area contributed by atoms with Crippen LogP contribution in [0.1, 0.15) is 17.7 Å². The van der Waals surface area contributed by atoms with Crippen molar-refractivity contribution < 1.29 is 0 Å². The zero-order valence-corrected chi connectivity index (χ0v) is 9.69. The molecule has 1 aromatic rings. The maximum absolute atomic E-state index is 4.06. The number of hydrogen-bond donors (Lipinski definition) is 2. The lowest BCUT2D eigenvalue weighted by atomic mass is 10.1. The number of guanidine groups is 1. The van der Waals surface area contributed by atoms with Crippen LogP contribution >= 0.6 is 11.3 Å². The Labute approximate surface area is 89.3 Å². The minimum atomic E-state index is 0.528. The molecular weight excluding hydrogens is 194 g/mol. The molecule has 14 heavy (non-hydrogen) atoms. The fourth-order valence-electron chi connectivity index (χ4n) is 1.20. The van der Waals surface area contributed by atoms with Crippen LogP contribution in [0.3, 0.4) is 0 Å². The molecule has 1 heterocycles. The van der Waals surface area contributed by atoms with Crippen molar-refractivity contribution >= 4 is 17.3 Å². The SMILES string of the molecule is CN=C(NC)NCC(C)c1cccs1. The Morgan fingerprint density at radius 1 is 1.64 bits per heavy atom. The van der Waals surface area contributed by atoms with Gasteiger partial charge < -0.3 is 10.6 Å². The molecule has 1 unspecified atom stereocenters. The molecule has 0 amide bonds. The van der Waals surface area contributed by atoms with E-state index in [2.05, 4.69) is 40.1 Å². The Morgan fingerprint density at radius 2 is 2.43 bits per heavy atom. The van der Waals surface area contributed by atoms with Gasteiger partial charge in [0.05, 0.1) is 0 Å². The van der Waals surface area contributed by atoms with E-state index in [1.165, 1.54) is 4.88 Å². The zero-order valence-electron chi connectivity index (χ0n) is 8.87. The normalized spacial score (nSPS) is 13.8. The number of rotatable bonds is 3. The smallest absolute Gasteiger partial charge is 0.190 e. The second-order valence-electron chi connectivity index (χ2n) is 3.12. The molecule has 1 rings (SSSR count). The monoisotopic (exact) mass is 211 g/mol. The summed E-state index contributed by atoms with van der Waals surface area (Å²) in [6.45, 7) is 3.12. The summed E-state index contributed by atoms with van der Waals surface area (Å²) in [5.41, 5.74) is 0. The van der Waals surface area contributed by atoms with E-state index in [0.29, 0.717) is 5.92 Å². The van der Waals surface area contributed by atoms with Gasteiger partial charge in [0.1, 0.15) is 0 Å². The van der Waals surface area contributed by atoms with E-state index in [-0.39, 0.29) is 0 Å². The van der Waals surface area contributed by atoms with Gasteiger partial charge in [0.2, 0.25) is 0 Å². The van der Waals surface area contributed by atoms with Crippen LogP contribution < -0.4 is 10.6 Å². The third kappa shape index (κ3) is 3.03. The van der Waals surface area contributed by atoms with E-state index in [0.717, 1.165) is 12.5 Å². The first-order valence-corrected chi connectivity index (χ1v) is 5.57. The van der Waals surface area contributed by atoms with Gasteiger partial charge in [-0.15, -0.1) is 11.3 Å². The average Bonchev–Trinajstić information content (AvgIpc) is 2.72. The van der Waals surface area contributed by atoms with Crippen molar-refractivity contribution in [2.24, 2.45) is 4.99 Å². The van der Waals surface area contributed by atoms with E-state index in [9.17, 15) is 0 Å². The molecule has 1 atom stereocenters. The van der Waals surface area contributed by atoms with E-state index in [1.54, 1.807) is 18.4 Å². The summed E-state index contributed by atoms with van der Waals surface area (Å²) in [7, 11) is 3.64. The van der Waals surface area contributed by atoms with Gasteiger partial charge in [0, 0.05) is 31.4 Å². The molecule has 3 nitrogen and oxygen atoms in total. The quantitative estimate of drug-likeness (QED) is 0.589. The molecule has 0 bridgehead atoms. The van der Waals surface area contributed by atoms with Crippen LogP contribution in [0.25, 0.3) is 0 Å². The van der Waals surface area contributed by atoms with E-state index in [1.807, 2.05) is 7.05 Å². The fraction of sp³-hybridized carbons (Fsp3) is 0.500. The second kappa shape index (κ2) is 5.65. The van der Waals surface area contributed by atoms with E-state index >= 15 is 0 Å². The highest BCUT2D eigenvalue weighted by Crippen LogP contribution is 2.19. The summed E-state index contributed by atoms with van der Waals surface area (Å²) >= 11 is 1.80. The highest BCUT2D eigenvalue weighted by atomic mass is 32.1. The lowest BCUT2D eigenvalue weighted by molar-refractivity contribution is 0.719. The molecule has 0 aromatic carbocycles. The van der Waals surface area contributed by atoms with Gasteiger partial charge in [0.15, 0.2) is 5.96 Å². The van der Waals surface area contributed by atoms with Gasteiger partial charge in [-0.3, -0.25) is 4.99 Å². The molecular formula is C10H17N3S. The van der Waals surface area contributed by atoms with E-state index in [4.69, 9.17) is 0 Å². The summed E-state index contributed by atoms with van der Waals surface area (Å²) in [6, 6.07) is 4.25. The lowest BCUT2D eigenvalue weighted by Crippen LogP contribution is -2.36. The zero-order chi connectivity index (χ0) is 10.4. The van der Waals surface area contributed by atoms with Crippen molar-refractivity contribution in [1.82, 2.24) is 10.6 Å². The Hall–Kier alpha value is -1.03. The Balaban J connectivity index is 2.39. The van der Waals surface area contributed by atoms with Gasteiger partial charge in [-0.1, -0.05) is 13.0 Å². The maximum Gasteiger partial charge on any atom is 0.190 e. The average molecular weight is 211 g/mol. The first-order chi connectivity index (χ1) is 6.77. The molecule has 0 aliphatic heterocycles. The van der Waals surface area contributed by atoms with Crippen molar-refractivity contribution in [3.05, 3.63) is 22.4 Å². The number of aliphatic imine (C=N–C) groups is 1. The summed E-state index contributed by atoms with van der Waals surface area (Å²) in [5, 5.41) is 8.36. The molecule has 0 fully saturated rings. The van der Waals surface area contributed by atoms with Gasteiger partial charge in [-0.2, -0.15) is 0 Å². The fourth-order valence-corrected chi connectivity index (χ4v) is 1.99. The molecule has 0 saturated carbocycles. The van der Waals surface area contributed by atoms with Crippen LogP contribution in [-0.4, -0.2) is 26.6 Å². The van der Waals surface area contributed by atoms with Gasteiger partial charge in [0.25, 0.3) is 0 Å². The van der Waals surface area contributed by atoms with Crippen molar-refractivity contribution in [2.45, 2.75) is 12.8 Å². The van der Waals surface area contributed by atoms with Crippen molar-refractivity contribution in [3.8, 4) is 0 Å². The lowest BCUT2D eigenvalue weighted by Gasteiger charge is -2.12. The summed E-state index contributed by atoms with van der Waals surface area (Å²) in [4.78, 5) is 5.46. The van der Waals surface area contributed by atoms with Gasteiger partial charge in [-0.25, -0.2) is 0 Å². The first kappa shape index (κ1) is 11.0. The van der Waals surface area contributed by atoms with Crippen LogP contribution in [-0.2, 0) is 0 Å². The van der Waals surface area contributed by atoms with Crippen LogP contribution in [0.15, 0.2) is 22.5 Å². The number of hydrogen-bond acceptors (Lipinski definition) is 2. The second-order valence-corrected chi connectivity index (χ2v) is 4.10. The van der Waals surface area contributed by atoms with Gasteiger partial charge >= 0.3 is 0 Å². The summed E-state index contributed by atoms with van der Waals surface area (Å²) in [5.74, 6) is 1.37. The third-order valence-corrected chi connectivity index (χ3v) is 3.17. The molecule has 0 radical (unpaired) electrons. The van der Waals surface area contributed by atoms with E-state index < -0.39 is 0 Å². The Morgan fingerprint density at radius 3 is 2.93 bits per heavy atom. The molecule has 0 spiro atoms. The minimum Gasteiger partial charge on any atom is -0.359 e. The van der Waals surface area contributed by atoms with Crippen molar-refractivity contribution in [1.29, 1.82) is 0 Å². The maximum atomic E-state index is 4.06.